The number of rotatable bonds is 4. The summed E-state index contributed by atoms with van der Waals surface area (Å²) in [5.74, 6) is 1.33. The van der Waals surface area contributed by atoms with Gasteiger partial charge in [-0.3, -0.25) is 9.59 Å². The highest BCUT2D eigenvalue weighted by Crippen LogP contribution is 2.34. The molecule has 1 amide bonds. The highest BCUT2D eigenvalue weighted by Gasteiger charge is 2.35. The van der Waals surface area contributed by atoms with Crippen molar-refractivity contribution in [3.8, 4) is 11.5 Å². The first-order valence-corrected chi connectivity index (χ1v) is 6.78. The number of amides is 1. The first-order valence-electron chi connectivity index (χ1n) is 6.78. The molecule has 1 fully saturated rings. The van der Waals surface area contributed by atoms with E-state index in [-0.39, 0.29) is 24.4 Å². The molecule has 0 radical (unpaired) electrons. The summed E-state index contributed by atoms with van der Waals surface area (Å²) in [6.45, 7) is 1.94. The summed E-state index contributed by atoms with van der Waals surface area (Å²) in [5, 5.41) is 0. The summed E-state index contributed by atoms with van der Waals surface area (Å²) >= 11 is 0. The molecule has 1 saturated carbocycles. The van der Waals surface area contributed by atoms with Crippen molar-refractivity contribution in [3.63, 3.8) is 0 Å². The van der Waals surface area contributed by atoms with Crippen LogP contribution in [-0.4, -0.2) is 36.5 Å². The van der Waals surface area contributed by atoms with Crippen molar-refractivity contribution < 1.29 is 19.1 Å². The molecule has 0 spiro atoms. The van der Waals surface area contributed by atoms with E-state index >= 15 is 0 Å². The van der Waals surface area contributed by atoms with Gasteiger partial charge in [0.1, 0.15) is 0 Å². The summed E-state index contributed by atoms with van der Waals surface area (Å²) in [6.07, 6.45) is 1.88. The van der Waals surface area contributed by atoms with Crippen LogP contribution in [0.3, 0.4) is 0 Å². The summed E-state index contributed by atoms with van der Waals surface area (Å²) in [4.78, 5) is 26.0. The zero-order chi connectivity index (χ0) is 14.3. The maximum absolute atomic E-state index is 12.4. The van der Waals surface area contributed by atoms with Crippen LogP contribution in [0, 0.1) is 5.92 Å². The number of hydrogen-bond acceptors (Lipinski definition) is 4. The second-order valence-electron chi connectivity index (χ2n) is 5.33. The van der Waals surface area contributed by atoms with Gasteiger partial charge in [0.25, 0.3) is 0 Å². The topological polar surface area (TPSA) is 55.8 Å². The zero-order valence-electron chi connectivity index (χ0n) is 11.6. The van der Waals surface area contributed by atoms with E-state index in [0.29, 0.717) is 17.1 Å². The molecule has 5 nitrogen and oxygen atoms in total. The Balaban J connectivity index is 1.75. The average molecular weight is 275 g/mol. The van der Waals surface area contributed by atoms with Gasteiger partial charge in [0, 0.05) is 18.5 Å². The van der Waals surface area contributed by atoms with Crippen LogP contribution >= 0.6 is 0 Å². The number of benzene rings is 1. The first-order chi connectivity index (χ1) is 9.58. The minimum Gasteiger partial charge on any atom is -0.454 e. The zero-order valence-corrected chi connectivity index (χ0v) is 11.6. The largest absolute Gasteiger partial charge is 0.454 e. The molecule has 3 rings (SSSR count). The first kappa shape index (κ1) is 13.0. The van der Waals surface area contributed by atoms with Crippen molar-refractivity contribution in [3.05, 3.63) is 23.8 Å². The van der Waals surface area contributed by atoms with Crippen LogP contribution in [0.15, 0.2) is 18.2 Å². The van der Waals surface area contributed by atoms with Gasteiger partial charge >= 0.3 is 0 Å². The van der Waals surface area contributed by atoms with Crippen LogP contribution in [0.5, 0.6) is 11.5 Å². The van der Waals surface area contributed by atoms with Crippen LogP contribution in [0.2, 0.25) is 0 Å². The number of carbonyl (C=O) groups is 2. The molecule has 0 N–H and O–H groups in total. The van der Waals surface area contributed by atoms with Crippen LogP contribution in [0.4, 0.5) is 0 Å². The normalized spacial score (nSPS) is 17.7. The van der Waals surface area contributed by atoms with Crippen molar-refractivity contribution in [1.82, 2.24) is 4.90 Å². The number of nitrogens with zero attached hydrogens (tertiary/aromatic N) is 1. The second kappa shape index (κ2) is 4.81. The standard InChI is InChI=1S/C15H17NO4/c1-9(16(2)15(18)10-3-4-10)14(17)11-5-6-12-13(7-11)20-8-19-12/h5-7,9-10H,3-4,8H2,1-2H3. The lowest BCUT2D eigenvalue weighted by Crippen LogP contribution is -2.41. The van der Waals surface area contributed by atoms with Crippen molar-refractivity contribution in [2.45, 2.75) is 25.8 Å². The Labute approximate surface area is 117 Å². The molecule has 5 heteroatoms. The van der Waals surface area contributed by atoms with E-state index in [9.17, 15) is 9.59 Å². The molecule has 0 bridgehead atoms. The van der Waals surface area contributed by atoms with Gasteiger partial charge in [0.15, 0.2) is 17.3 Å². The van der Waals surface area contributed by atoms with Crippen LogP contribution in [-0.2, 0) is 4.79 Å². The highest BCUT2D eigenvalue weighted by atomic mass is 16.7. The SMILES string of the molecule is CC(C(=O)c1ccc2c(c1)OCO2)N(C)C(=O)C1CC1. The number of fused-ring (bicyclic) bond motifs is 1. The monoisotopic (exact) mass is 275 g/mol. The van der Waals surface area contributed by atoms with E-state index in [0.717, 1.165) is 12.8 Å². The van der Waals surface area contributed by atoms with E-state index < -0.39 is 6.04 Å². The third kappa shape index (κ3) is 2.24. The Morgan fingerprint density at radius 3 is 2.65 bits per heavy atom. The van der Waals surface area contributed by atoms with Crippen molar-refractivity contribution in [1.29, 1.82) is 0 Å². The summed E-state index contributed by atoms with van der Waals surface area (Å²) < 4.78 is 10.5. The number of Topliss-reactive ketones (excluding diaryl/α,β-unsaturated/α-hetero) is 1. The molecule has 106 valence electrons. The number of ketones is 1. The number of hydrogen-bond donors (Lipinski definition) is 0. The molecule has 1 aromatic carbocycles. The maximum Gasteiger partial charge on any atom is 0.231 e. The molecule has 2 aliphatic rings. The van der Waals surface area contributed by atoms with E-state index in [2.05, 4.69) is 0 Å². The van der Waals surface area contributed by atoms with Gasteiger partial charge in [-0.2, -0.15) is 0 Å². The molecule has 1 unspecified atom stereocenters. The fourth-order valence-corrected chi connectivity index (χ4v) is 2.28. The Morgan fingerprint density at radius 2 is 1.95 bits per heavy atom. The molecule has 0 saturated heterocycles. The van der Waals surface area contributed by atoms with Crippen LogP contribution in [0.25, 0.3) is 0 Å². The Hall–Kier alpha value is -2.04. The van der Waals surface area contributed by atoms with Gasteiger partial charge in [-0.25, -0.2) is 0 Å². The van der Waals surface area contributed by atoms with Crippen LogP contribution < -0.4 is 9.47 Å². The molecule has 20 heavy (non-hydrogen) atoms. The third-order valence-electron chi connectivity index (χ3n) is 3.89. The molecular weight excluding hydrogens is 258 g/mol. The van der Waals surface area contributed by atoms with E-state index in [1.807, 2.05) is 0 Å². The lowest BCUT2D eigenvalue weighted by molar-refractivity contribution is -0.132. The molecule has 1 aliphatic carbocycles. The Morgan fingerprint density at radius 1 is 1.25 bits per heavy atom. The average Bonchev–Trinajstić information content (AvgIpc) is 3.21. The lowest BCUT2D eigenvalue weighted by atomic mass is 10.0. The van der Waals surface area contributed by atoms with Crippen molar-refractivity contribution >= 4 is 11.7 Å². The Kier molecular flexibility index (Phi) is 3.12. The van der Waals surface area contributed by atoms with Gasteiger partial charge in [0.2, 0.25) is 12.7 Å². The van der Waals surface area contributed by atoms with Gasteiger partial charge in [-0.1, -0.05) is 0 Å². The van der Waals surface area contributed by atoms with Crippen molar-refractivity contribution in [2.24, 2.45) is 5.92 Å². The van der Waals surface area contributed by atoms with Crippen molar-refractivity contribution in [2.75, 3.05) is 13.8 Å². The molecule has 1 aliphatic heterocycles. The van der Waals surface area contributed by atoms with E-state index in [1.165, 1.54) is 0 Å². The molecule has 1 aromatic rings. The summed E-state index contributed by atoms with van der Waals surface area (Å²) in [5.41, 5.74) is 0.539. The molecule has 0 aromatic heterocycles. The molecular formula is C15H17NO4. The number of likely N-dealkylation sites (N-methyl/N-ethyl adjacent to an activating group) is 1. The highest BCUT2D eigenvalue weighted by molar-refractivity contribution is 6.02. The second-order valence-corrected chi connectivity index (χ2v) is 5.33. The van der Waals surface area contributed by atoms with E-state index in [1.54, 1.807) is 37.1 Å². The quantitative estimate of drug-likeness (QED) is 0.787. The smallest absolute Gasteiger partial charge is 0.231 e. The minimum atomic E-state index is -0.469. The lowest BCUT2D eigenvalue weighted by Gasteiger charge is -2.24. The van der Waals surface area contributed by atoms with Gasteiger partial charge < -0.3 is 14.4 Å². The number of ether oxygens (including phenoxy) is 2. The minimum absolute atomic E-state index is 0.0617. The van der Waals surface area contributed by atoms with Gasteiger partial charge in [-0.05, 0) is 38.0 Å². The predicted molar refractivity (Wildman–Crippen MR) is 71.9 cm³/mol. The summed E-state index contributed by atoms with van der Waals surface area (Å²) in [7, 11) is 1.69. The van der Waals surface area contributed by atoms with Crippen LogP contribution in [0.1, 0.15) is 30.1 Å². The molecule has 1 atom stereocenters. The van der Waals surface area contributed by atoms with Gasteiger partial charge in [-0.15, -0.1) is 0 Å². The third-order valence-corrected chi connectivity index (χ3v) is 3.89. The Bertz CT molecular complexity index is 565. The van der Waals surface area contributed by atoms with Gasteiger partial charge in [0.05, 0.1) is 6.04 Å². The van der Waals surface area contributed by atoms with E-state index in [4.69, 9.17) is 9.47 Å². The predicted octanol–water partition coefficient (Wildman–Crippen LogP) is 1.85. The summed E-state index contributed by atoms with van der Waals surface area (Å²) in [6, 6.07) is 4.65. The number of carbonyl (C=O) groups excluding carboxylic acids is 2. The fraction of sp³-hybridized carbons (Fsp3) is 0.467. The maximum atomic E-state index is 12.4. The molecule has 1 heterocycles. The fourth-order valence-electron chi connectivity index (χ4n) is 2.28.